The van der Waals surface area contributed by atoms with Crippen LogP contribution >= 0.6 is 11.6 Å². The van der Waals surface area contributed by atoms with Gasteiger partial charge in [0.1, 0.15) is 5.75 Å². The number of rotatable bonds is 4. The molecule has 0 unspecified atom stereocenters. The highest BCUT2D eigenvalue weighted by Crippen LogP contribution is 2.24. The van der Waals surface area contributed by atoms with Gasteiger partial charge in [-0.15, -0.1) is 0 Å². The van der Waals surface area contributed by atoms with Crippen molar-refractivity contribution >= 4 is 23.4 Å². The Morgan fingerprint density at radius 3 is 2.47 bits per heavy atom. The summed E-state index contributed by atoms with van der Waals surface area (Å²) in [7, 11) is 0. The predicted octanol–water partition coefficient (Wildman–Crippen LogP) is 2.09. The Hall–Kier alpha value is -1.55. The molecule has 0 aromatic heterocycles. The topological polar surface area (TPSA) is 74.6 Å². The number of hydrogen-bond acceptors (Lipinski definition) is 3. The average Bonchev–Trinajstić information content (AvgIpc) is 2.18. The zero-order chi connectivity index (χ0) is 11.4. The molecule has 0 atom stereocenters. The second-order valence-electron chi connectivity index (χ2n) is 2.98. The lowest BCUT2D eigenvalue weighted by Crippen LogP contribution is -2.03. The van der Waals surface area contributed by atoms with Crippen molar-refractivity contribution in [2.75, 3.05) is 0 Å². The van der Waals surface area contributed by atoms with Crippen LogP contribution in [-0.4, -0.2) is 22.0 Å². The molecule has 80 valence electrons. The van der Waals surface area contributed by atoms with Gasteiger partial charge in [0.05, 0.1) is 11.4 Å². The van der Waals surface area contributed by atoms with Crippen molar-refractivity contribution in [3.05, 3.63) is 28.8 Å². The van der Waals surface area contributed by atoms with Crippen molar-refractivity contribution in [2.45, 2.75) is 12.8 Å². The third-order valence-electron chi connectivity index (χ3n) is 1.83. The number of carboxylic acids is 1. The lowest BCUT2D eigenvalue weighted by molar-refractivity contribution is -0.136. The molecule has 0 bridgehead atoms. The molecule has 1 aromatic rings. The number of aromatic hydroxyl groups is 1. The highest BCUT2D eigenvalue weighted by atomic mass is 35.5. The molecule has 0 radical (unpaired) electrons. The highest BCUT2D eigenvalue weighted by Gasteiger charge is 2.10. The fourth-order valence-electron chi connectivity index (χ4n) is 1.05. The van der Waals surface area contributed by atoms with Crippen LogP contribution < -0.4 is 0 Å². The van der Waals surface area contributed by atoms with Crippen molar-refractivity contribution in [3.8, 4) is 5.75 Å². The predicted molar refractivity (Wildman–Crippen MR) is 54.3 cm³/mol. The number of carboxylic acid groups (broad SMARTS) is 1. The first-order chi connectivity index (χ1) is 7.00. The van der Waals surface area contributed by atoms with Crippen molar-refractivity contribution in [2.24, 2.45) is 0 Å². The second-order valence-corrected chi connectivity index (χ2v) is 3.39. The van der Waals surface area contributed by atoms with E-state index in [0.717, 1.165) is 0 Å². The minimum atomic E-state index is -1.03. The molecule has 5 heteroatoms. The number of phenolic OH excluding ortho intramolecular Hbond substituents is 1. The van der Waals surface area contributed by atoms with Crippen LogP contribution in [0.2, 0.25) is 5.02 Å². The number of carbonyl (C=O) groups excluding carboxylic acids is 1. The van der Waals surface area contributed by atoms with Crippen LogP contribution in [0.15, 0.2) is 18.2 Å². The Morgan fingerprint density at radius 2 is 1.93 bits per heavy atom. The van der Waals surface area contributed by atoms with Crippen LogP contribution in [-0.2, 0) is 4.79 Å². The monoisotopic (exact) mass is 228 g/mol. The molecule has 2 N–H and O–H groups in total. The third kappa shape index (κ3) is 3.25. The summed E-state index contributed by atoms with van der Waals surface area (Å²) in [6, 6.07) is 4.07. The van der Waals surface area contributed by atoms with Crippen molar-refractivity contribution in [1.29, 1.82) is 0 Å². The quantitative estimate of drug-likeness (QED) is 0.774. The van der Waals surface area contributed by atoms with E-state index in [1.807, 2.05) is 0 Å². The summed E-state index contributed by atoms with van der Waals surface area (Å²) in [5.74, 6) is -1.54. The van der Waals surface area contributed by atoms with Crippen molar-refractivity contribution < 1.29 is 19.8 Å². The second kappa shape index (κ2) is 4.79. The SMILES string of the molecule is O=C(O)CCC(=O)c1ccc(Cl)c(O)c1. The molecular formula is C10H9ClO4. The maximum Gasteiger partial charge on any atom is 0.303 e. The maximum atomic E-state index is 11.4. The van der Waals surface area contributed by atoms with E-state index >= 15 is 0 Å². The van der Waals surface area contributed by atoms with Gasteiger partial charge in [0.15, 0.2) is 5.78 Å². The number of benzene rings is 1. The fraction of sp³-hybridized carbons (Fsp3) is 0.200. The van der Waals surface area contributed by atoms with Crippen LogP contribution in [0.3, 0.4) is 0 Å². The lowest BCUT2D eigenvalue weighted by atomic mass is 10.1. The molecule has 0 spiro atoms. The van der Waals surface area contributed by atoms with Crippen LogP contribution in [0.25, 0.3) is 0 Å². The van der Waals surface area contributed by atoms with E-state index in [1.54, 1.807) is 0 Å². The van der Waals surface area contributed by atoms with Crippen LogP contribution in [0, 0.1) is 0 Å². The maximum absolute atomic E-state index is 11.4. The molecule has 0 heterocycles. The van der Waals surface area contributed by atoms with Gasteiger partial charge in [0.25, 0.3) is 0 Å². The molecule has 1 aromatic carbocycles. The summed E-state index contributed by atoms with van der Waals surface area (Å²) in [5, 5.41) is 17.8. The van der Waals surface area contributed by atoms with Crippen molar-refractivity contribution in [3.63, 3.8) is 0 Å². The number of aliphatic carboxylic acids is 1. The number of halogens is 1. The Bertz CT molecular complexity index is 400. The van der Waals surface area contributed by atoms with Gasteiger partial charge in [-0.1, -0.05) is 11.6 Å². The van der Waals surface area contributed by atoms with Gasteiger partial charge >= 0.3 is 5.97 Å². The minimum absolute atomic E-state index is 0.0869. The molecule has 4 nitrogen and oxygen atoms in total. The van der Waals surface area contributed by atoms with Gasteiger partial charge in [-0.05, 0) is 18.2 Å². The molecule has 0 aliphatic heterocycles. The Morgan fingerprint density at radius 1 is 1.27 bits per heavy atom. The molecule has 1 rings (SSSR count). The van der Waals surface area contributed by atoms with Crippen LogP contribution in [0.4, 0.5) is 0 Å². The number of Topliss-reactive ketones (excluding diaryl/α,β-unsaturated/α-hetero) is 1. The first-order valence-corrected chi connectivity index (χ1v) is 4.62. The van der Waals surface area contributed by atoms with Crippen LogP contribution in [0.1, 0.15) is 23.2 Å². The fourth-order valence-corrected chi connectivity index (χ4v) is 1.17. The highest BCUT2D eigenvalue weighted by molar-refractivity contribution is 6.32. The van der Waals surface area contributed by atoms with E-state index in [4.69, 9.17) is 16.7 Å². The molecule has 0 saturated carbocycles. The first kappa shape index (κ1) is 11.5. The zero-order valence-electron chi connectivity index (χ0n) is 7.74. The Balaban J connectivity index is 2.74. The van der Waals surface area contributed by atoms with E-state index < -0.39 is 5.97 Å². The summed E-state index contributed by atoms with van der Waals surface area (Å²) in [6.45, 7) is 0. The third-order valence-corrected chi connectivity index (χ3v) is 2.15. The molecule has 0 amide bonds. The first-order valence-electron chi connectivity index (χ1n) is 4.24. The summed E-state index contributed by atoms with van der Waals surface area (Å²) in [5.41, 5.74) is 0.262. The number of phenols is 1. The summed E-state index contributed by atoms with van der Waals surface area (Å²) >= 11 is 5.56. The van der Waals surface area contributed by atoms with E-state index in [0.29, 0.717) is 0 Å². The summed E-state index contributed by atoms with van der Waals surface area (Å²) in [4.78, 5) is 21.6. The van der Waals surface area contributed by atoms with E-state index in [9.17, 15) is 14.7 Å². The molecule has 15 heavy (non-hydrogen) atoms. The van der Waals surface area contributed by atoms with Crippen molar-refractivity contribution in [1.82, 2.24) is 0 Å². The molecule has 0 aliphatic rings. The Kier molecular flexibility index (Phi) is 3.68. The van der Waals surface area contributed by atoms with Gasteiger partial charge in [-0.2, -0.15) is 0 Å². The lowest BCUT2D eigenvalue weighted by Gasteiger charge is -2.01. The summed E-state index contributed by atoms with van der Waals surface area (Å²) < 4.78 is 0. The Labute approximate surface area is 91.1 Å². The number of ketones is 1. The van der Waals surface area contributed by atoms with E-state index in [1.165, 1.54) is 18.2 Å². The zero-order valence-corrected chi connectivity index (χ0v) is 8.49. The smallest absolute Gasteiger partial charge is 0.303 e. The molecule has 0 aliphatic carbocycles. The van der Waals surface area contributed by atoms with Crippen LogP contribution in [0.5, 0.6) is 5.75 Å². The molecule has 0 saturated heterocycles. The van der Waals surface area contributed by atoms with Gasteiger partial charge in [-0.3, -0.25) is 9.59 Å². The van der Waals surface area contributed by atoms with E-state index in [-0.39, 0.29) is 35.0 Å². The number of hydrogen-bond donors (Lipinski definition) is 2. The standard InChI is InChI=1S/C10H9ClO4/c11-7-2-1-6(5-9(7)13)8(12)3-4-10(14)15/h1-2,5,13H,3-4H2,(H,14,15). The van der Waals surface area contributed by atoms with Gasteiger partial charge in [0, 0.05) is 12.0 Å². The normalized spacial score (nSPS) is 9.93. The van der Waals surface area contributed by atoms with Gasteiger partial charge in [-0.25, -0.2) is 0 Å². The number of carbonyl (C=O) groups is 2. The molecule has 0 fully saturated rings. The average molecular weight is 229 g/mol. The van der Waals surface area contributed by atoms with E-state index in [2.05, 4.69) is 0 Å². The minimum Gasteiger partial charge on any atom is -0.506 e. The van der Waals surface area contributed by atoms with Gasteiger partial charge in [0.2, 0.25) is 0 Å². The largest absolute Gasteiger partial charge is 0.506 e. The van der Waals surface area contributed by atoms with Gasteiger partial charge < -0.3 is 10.2 Å². The molecular weight excluding hydrogens is 220 g/mol. The summed E-state index contributed by atoms with van der Waals surface area (Å²) in [6.07, 6.45) is -0.307.